The number of morpholine rings is 1. The molecule has 0 aliphatic carbocycles. The van der Waals surface area contributed by atoms with Crippen LogP contribution in [0.5, 0.6) is 0 Å². The van der Waals surface area contributed by atoms with Crippen LogP contribution in [0.1, 0.15) is 30.6 Å². The van der Waals surface area contributed by atoms with Crippen LogP contribution in [-0.4, -0.2) is 59.2 Å². The van der Waals surface area contributed by atoms with Crippen molar-refractivity contribution < 1.29 is 9.53 Å². The Labute approximate surface area is 154 Å². The molecule has 1 fully saturated rings. The van der Waals surface area contributed by atoms with Crippen LogP contribution in [0, 0.1) is 0 Å². The Bertz CT molecular complexity index is 713. The number of hydrogen-bond acceptors (Lipinski definition) is 5. The average molecular weight is 354 g/mol. The van der Waals surface area contributed by atoms with E-state index in [-0.39, 0.29) is 18.1 Å². The van der Waals surface area contributed by atoms with Gasteiger partial charge in [0.25, 0.3) is 5.91 Å². The van der Waals surface area contributed by atoms with Gasteiger partial charge < -0.3 is 10.1 Å². The molecule has 2 atom stereocenters. The fourth-order valence-corrected chi connectivity index (χ4v) is 3.32. The molecular formula is C20H26N4O2. The molecule has 2 heterocycles. The molecule has 138 valence electrons. The first-order valence-electron chi connectivity index (χ1n) is 9.15. The van der Waals surface area contributed by atoms with Crippen LogP contribution in [0.25, 0.3) is 11.4 Å². The van der Waals surface area contributed by atoms with Gasteiger partial charge in [-0.1, -0.05) is 12.1 Å². The molecule has 0 saturated carbocycles. The normalized spacial score (nSPS) is 20.7. The number of nitrogens with one attached hydrogen (secondary N) is 1. The van der Waals surface area contributed by atoms with Crippen molar-refractivity contribution in [1.29, 1.82) is 0 Å². The summed E-state index contributed by atoms with van der Waals surface area (Å²) in [5.74, 6) is 0.559. The first-order valence-corrected chi connectivity index (χ1v) is 9.15. The predicted molar refractivity (Wildman–Crippen MR) is 101 cm³/mol. The van der Waals surface area contributed by atoms with Crippen molar-refractivity contribution in [2.24, 2.45) is 0 Å². The summed E-state index contributed by atoms with van der Waals surface area (Å²) in [4.78, 5) is 23.3. The van der Waals surface area contributed by atoms with E-state index in [0.717, 1.165) is 31.6 Å². The maximum atomic E-state index is 12.4. The van der Waals surface area contributed by atoms with Crippen molar-refractivity contribution in [2.45, 2.75) is 32.5 Å². The Balaban J connectivity index is 1.48. The molecule has 3 rings (SSSR count). The Hall–Kier alpha value is -2.31. The molecule has 1 aliphatic heterocycles. The van der Waals surface area contributed by atoms with E-state index >= 15 is 0 Å². The maximum absolute atomic E-state index is 12.4. The fraction of sp³-hybridized carbons (Fsp3) is 0.450. The van der Waals surface area contributed by atoms with Crippen LogP contribution in [0.2, 0.25) is 0 Å². The Kier molecular flexibility index (Phi) is 6.30. The monoisotopic (exact) mass is 354 g/mol. The van der Waals surface area contributed by atoms with E-state index in [2.05, 4.69) is 34.0 Å². The summed E-state index contributed by atoms with van der Waals surface area (Å²) in [6.45, 7) is 7.75. The average Bonchev–Trinajstić information content (AvgIpc) is 2.65. The van der Waals surface area contributed by atoms with Crippen molar-refractivity contribution in [1.82, 2.24) is 20.2 Å². The van der Waals surface area contributed by atoms with E-state index in [0.29, 0.717) is 17.9 Å². The lowest BCUT2D eigenvalue weighted by atomic mass is 10.1. The minimum atomic E-state index is -0.0634. The summed E-state index contributed by atoms with van der Waals surface area (Å²) >= 11 is 0. The standard InChI is InChI=1S/C20H26N4O2/c1-15-13-24(14-16(2)26-15)11-5-10-23-20(25)18-7-3-6-17(12-18)19-21-8-4-9-22-19/h3-4,6-9,12,15-16H,5,10-11,13-14H2,1-2H3,(H,23,25)/t15-,16+. The van der Waals surface area contributed by atoms with Crippen molar-refractivity contribution in [2.75, 3.05) is 26.2 Å². The van der Waals surface area contributed by atoms with Gasteiger partial charge in [-0.05, 0) is 38.5 Å². The van der Waals surface area contributed by atoms with E-state index in [1.165, 1.54) is 0 Å². The molecule has 1 N–H and O–H groups in total. The smallest absolute Gasteiger partial charge is 0.251 e. The zero-order chi connectivity index (χ0) is 18.4. The van der Waals surface area contributed by atoms with Gasteiger partial charge in [-0.3, -0.25) is 9.69 Å². The maximum Gasteiger partial charge on any atom is 0.251 e. The molecule has 0 bridgehead atoms. The molecule has 6 nitrogen and oxygen atoms in total. The summed E-state index contributed by atoms with van der Waals surface area (Å²) in [6.07, 6.45) is 4.87. The Morgan fingerprint density at radius 2 is 1.92 bits per heavy atom. The van der Waals surface area contributed by atoms with Gasteiger partial charge in [-0.15, -0.1) is 0 Å². The second-order valence-electron chi connectivity index (χ2n) is 6.78. The molecule has 1 aromatic heterocycles. The van der Waals surface area contributed by atoms with Gasteiger partial charge in [-0.2, -0.15) is 0 Å². The van der Waals surface area contributed by atoms with E-state index in [9.17, 15) is 4.79 Å². The number of carbonyl (C=O) groups is 1. The van der Waals surface area contributed by atoms with Crippen LogP contribution >= 0.6 is 0 Å². The van der Waals surface area contributed by atoms with Gasteiger partial charge in [-0.25, -0.2) is 9.97 Å². The van der Waals surface area contributed by atoms with E-state index in [1.54, 1.807) is 18.5 Å². The van der Waals surface area contributed by atoms with Crippen molar-refractivity contribution in [3.63, 3.8) is 0 Å². The highest BCUT2D eigenvalue weighted by molar-refractivity contribution is 5.95. The van der Waals surface area contributed by atoms with Crippen molar-refractivity contribution in [3.05, 3.63) is 48.3 Å². The van der Waals surface area contributed by atoms with Gasteiger partial charge in [0, 0.05) is 49.7 Å². The van der Waals surface area contributed by atoms with Gasteiger partial charge in [0.15, 0.2) is 5.82 Å². The number of carbonyl (C=O) groups excluding carboxylic acids is 1. The molecule has 0 spiro atoms. The minimum Gasteiger partial charge on any atom is -0.373 e. The summed E-state index contributed by atoms with van der Waals surface area (Å²) in [5.41, 5.74) is 1.47. The quantitative estimate of drug-likeness (QED) is 0.807. The van der Waals surface area contributed by atoms with Crippen LogP contribution in [0.4, 0.5) is 0 Å². The lowest BCUT2D eigenvalue weighted by molar-refractivity contribution is -0.0679. The third kappa shape index (κ3) is 5.09. The lowest BCUT2D eigenvalue weighted by Crippen LogP contribution is -2.46. The highest BCUT2D eigenvalue weighted by Crippen LogP contribution is 2.15. The second-order valence-corrected chi connectivity index (χ2v) is 6.78. The molecule has 26 heavy (non-hydrogen) atoms. The number of amides is 1. The summed E-state index contributed by atoms with van der Waals surface area (Å²) in [7, 11) is 0. The van der Waals surface area contributed by atoms with Crippen LogP contribution in [0.15, 0.2) is 42.7 Å². The number of ether oxygens (including phenoxy) is 1. The van der Waals surface area contributed by atoms with Crippen LogP contribution in [0.3, 0.4) is 0 Å². The highest BCUT2D eigenvalue weighted by Gasteiger charge is 2.21. The molecule has 0 radical (unpaired) electrons. The van der Waals surface area contributed by atoms with Crippen molar-refractivity contribution >= 4 is 5.91 Å². The second kappa shape index (κ2) is 8.87. The van der Waals surface area contributed by atoms with E-state index in [4.69, 9.17) is 4.74 Å². The van der Waals surface area contributed by atoms with E-state index in [1.807, 2.05) is 24.3 Å². The molecule has 2 aromatic rings. The third-order valence-electron chi connectivity index (χ3n) is 4.38. The molecule has 1 aromatic carbocycles. The predicted octanol–water partition coefficient (Wildman–Crippen LogP) is 2.37. The van der Waals surface area contributed by atoms with Gasteiger partial charge in [0.05, 0.1) is 12.2 Å². The van der Waals surface area contributed by atoms with Gasteiger partial charge in [0.1, 0.15) is 0 Å². The number of aromatic nitrogens is 2. The first kappa shape index (κ1) is 18.5. The fourth-order valence-electron chi connectivity index (χ4n) is 3.32. The molecule has 1 amide bonds. The largest absolute Gasteiger partial charge is 0.373 e. The number of hydrogen-bond donors (Lipinski definition) is 1. The number of rotatable bonds is 6. The zero-order valence-corrected chi connectivity index (χ0v) is 15.4. The molecular weight excluding hydrogens is 328 g/mol. The van der Waals surface area contributed by atoms with Crippen LogP contribution in [-0.2, 0) is 4.74 Å². The molecule has 1 saturated heterocycles. The molecule has 6 heteroatoms. The third-order valence-corrected chi connectivity index (χ3v) is 4.38. The summed E-state index contributed by atoms with van der Waals surface area (Å²) in [6, 6.07) is 9.18. The lowest BCUT2D eigenvalue weighted by Gasteiger charge is -2.35. The summed E-state index contributed by atoms with van der Waals surface area (Å²) < 4.78 is 5.74. The van der Waals surface area contributed by atoms with Gasteiger partial charge in [0.2, 0.25) is 0 Å². The van der Waals surface area contributed by atoms with Gasteiger partial charge >= 0.3 is 0 Å². The topological polar surface area (TPSA) is 67.4 Å². The zero-order valence-electron chi connectivity index (χ0n) is 15.4. The van der Waals surface area contributed by atoms with Crippen molar-refractivity contribution in [3.8, 4) is 11.4 Å². The van der Waals surface area contributed by atoms with Crippen LogP contribution < -0.4 is 5.32 Å². The molecule has 0 unspecified atom stereocenters. The number of nitrogens with zero attached hydrogens (tertiary/aromatic N) is 3. The van der Waals surface area contributed by atoms with E-state index < -0.39 is 0 Å². The Morgan fingerprint density at radius 3 is 2.65 bits per heavy atom. The highest BCUT2D eigenvalue weighted by atomic mass is 16.5. The molecule has 1 aliphatic rings. The Morgan fingerprint density at radius 1 is 1.19 bits per heavy atom. The first-order chi connectivity index (χ1) is 12.6. The number of benzene rings is 1. The SMILES string of the molecule is C[C@@H]1CN(CCCNC(=O)c2cccc(-c3ncccn3)c2)C[C@H](C)O1. The summed E-state index contributed by atoms with van der Waals surface area (Å²) in [5, 5.41) is 3.00. The minimum absolute atomic E-state index is 0.0634.